The number of nitrogen functional groups attached to an aromatic ring is 1. The molecule has 210 valence electrons. The minimum Gasteiger partial charge on any atom is -0.616 e. The van der Waals surface area contributed by atoms with Gasteiger partial charge in [-0.1, -0.05) is 11.3 Å². The van der Waals surface area contributed by atoms with E-state index in [0.29, 0.717) is 13.1 Å². The van der Waals surface area contributed by atoms with Crippen LogP contribution in [-0.2, 0) is 17.4 Å². The van der Waals surface area contributed by atoms with Gasteiger partial charge in [-0.2, -0.15) is 23.1 Å². The van der Waals surface area contributed by atoms with Gasteiger partial charge in [0.15, 0.2) is 17.1 Å². The van der Waals surface area contributed by atoms with Crippen molar-refractivity contribution in [2.45, 2.75) is 37.2 Å². The first kappa shape index (κ1) is 25.9. The molecule has 15 heteroatoms. The van der Waals surface area contributed by atoms with Gasteiger partial charge in [0.2, 0.25) is 0 Å². The topological polar surface area (TPSA) is 112 Å². The number of rotatable bonds is 4. The highest BCUT2D eigenvalue weighted by Crippen LogP contribution is 2.46. The number of nitrogens with two attached hydrogens (primary N) is 1. The Hall–Kier alpha value is -3.01. The fraction of sp³-hybridized carbons (Fsp3) is 0.400. The summed E-state index contributed by atoms with van der Waals surface area (Å²) < 4.78 is 92.0. The summed E-state index contributed by atoms with van der Waals surface area (Å²) in [5, 5.41) is 3.28. The van der Waals surface area contributed by atoms with Gasteiger partial charge in [0.1, 0.15) is 28.7 Å². The van der Waals surface area contributed by atoms with Crippen molar-refractivity contribution in [1.29, 1.82) is 0 Å². The van der Waals surface area contributed by atoms with Gasteiger partial charge in [-0.15, -0.1) is 0 Å². The maximum absolute atomic E-state index is 16.5. The summed E-state index contributed by atoms with van der Waals surface area (Å²) in [4.78, 5) is 14.5. The Morgan fingerprint density at radius 2 is 1.80 bits per heavy atom. The Morgan fingerprint density at radius 3 is 2.48 bits per heavy atom. The van der Waals surface area contributed by atoms with Crippen molar-refractivity contribution in [2.75, 3.05) is 35.2 Å². The lowest BCUT2D eigenvalue weighted by atomic mass is 9.95. The molecule has 3 aliphatic rings. The van der Waals surface area contributed by atoms with Crippen LogP contribution in [0.5, 0.6) is 6.01 Å². The summed E-state index contributed by atoms with van der Waals surface area (Å²) in [5.74, 6) is -1.33. The number of hydrogen-bond donors (Lipinski definition) is 2. The highest BCUT2D eigenvalue weighted by Gasteiger charge is 2.40. The molecule has 3 saturated heterocycles. The molecule has 2 unspecified atom stereocenters. The zero-order valence-electron chi connectivity index (χ0n) is 20.6. The van der Waals surface area contributed by atoms with Crippen LogP contribution in [0.25, 0.3) is 32.2 Å². The van der Waals surface area contributed by atoms with Crippen LogP contribution in [0.15, 0.2) is 18.2 Å². The van der Waals surface area contributed by atoms with E-state index in [9.17, 15) is 22.1 Å². The number of benzene rings is 2. The van der Waals surface area contributed by atoms with Crippen LogP contribution in [0.1, 0.15) is 18.4 Å². The van der Waals surface area contributed by atoms with Crippen LogP contribution in [0.4, 0.5) is 32.9 Å². The van der Waals surface area contributed by atoms with Gasteiger partial charge in [0, 0.05) is 41.7 Å². The first-order chi connectivity index (χ1) is 19.0. The number of nitrogens with zero attached hydrogens (tertiary/aromatic N) is 4. The van der Waals surface area contributed by atoms with Gasteiger partial charge in [-0.05, 0) is 42.2 Å². The minimum absolute atomic E-state index is 0.0670. The number of aromatic nitrogens is 3. The van der Waals surface area contributed by atoms with Crippen LogP contribution >= 0.6 is 11.3 Å². The highest BCUT2D eigenvalue weighted by atomic mass is 32.2. The fourth-order valence-electron chi connectivity index (χ4n) is 5.72. The zero-order valence-corrected chi connectivity index (χ0v) is 22.2. The van der Waals surface area contributed by atoms with Crippen LogP contribution in [0.3, 0.4) is 0 Å². The summed E-state index contributed by atoms with van der Waals surface area (Å²) in [5.41, 5.74) is 2.87. The number of halogens is 5. The van der Waals surface area contributed by atoms with E-state index < -0.39 is 46.2 Å². The summed E-state index contributed by atoms with van der Waals surface area (Å²) in [7, 11) is 0. The zero-order chi connectivity index (χ0) is 27.9. The van der Waals surface area contributed by atoms with Crippen molar-refractivity contribution in [2.24, 2.45) is 0 Å². The number of alkyl halides is 3. The summed E-state index contributed by atoms with van der Waals surface area (Å²) >= 11 is -0.277. The van der Waals surface area contributed by atoms with Gasteiger partial charge in [0.05, 0.1) is 15.8 Å². The molecule has 8 nitrogen and oxygen atoms in total. The molecule has 2 aromatic carbocycles. The largest absolute Gasteiger partial charge is 0.616 e. The van der Waals surface area contributed by atoms with E-state index in [-0.39, 0.29) is 67.2 Å². The highest BCUT2D eigenvalue weighted by molar-refractivity contribution is 7.92. The van der Waals surface area contributed by atoms with Crippen LogP contribution in [0, 0.1) is 11.6 Å². The van der Waals surface area contributed by atoms with E-state index in [2.05, 4.69) is 20.3 Å². The van der Waals surface area contributed by atoms with Gasteiger partial charge in [-0.3, -0.25) is 0 Å². The Bertz CT molecular complexity index is 1650. The maximum atomic E-state index is 16.5. The molecule has 4 aromatic rings. The summed E-state index contributed by atoms with van der Waals surface area (Å²) in [6.45, 7) is 0.938. The molecule has 2 aromatic heterocycles. The van der Waals surface area contributed by atoms with Gasteiger partial charge in [-0.25, -0.2) is 13.8 Å². The monoisotopic (exact) mass is 596 g/mol. The number of ether oxygens (including phenoxy) is 1. The molecule has 40 heavy (non-hydrogen) atoms. The lowest BCUT2D eigenvalue weighted by molar-refractivity contribution is -0.137. The molecule has 5 heterocycles. The van der Waals surface area contributed by atoms with Gasteiger partial charge >= 0.3 is 12.2 Å². The average Bonchev–Trinajstić information content (AvgIpc) is 3.44. The number of anilines is 2. The van der Waals surface area contributed by atoms with Crippen molar-refractivity contribution >= 4 is 54.6 Å². The molecule has 0 amide bonds. The number of fused-ring (bicyclic) bond motifs is 4. The molecule has 0 aliphatic carbocycles. The van der Waals surface area contributed by atoms with Crippen molar-refractivity contribution in [1.82, 2.24) is 20.3 Å². The van der Waals surface area contributed by atoms with Crippen LogP contribution < -0.4 is 20.7 Å². The van der Waals surface area contributed by atoms with E-state index in [0.717, 1.165) is 42.4 Å². The molecule has 0 saturated carbocycles. The number of piperazine rings is 1. The Kier molecular flexibility index (Phi) is 6.00. The van der Waals surface area contributed by atoms with Crippen molar-refractivity contribution < 1.29 is 31.2 Å². The molecule has 2 bridgehead atoms. The second-order valence-corrected chi connectivity index (χ2v) is 12.8. The third-order valence-corrected chi connectivity index (χ3v) is 9.89. The van der Waals surface area contributed by atoms with E-state index in [4.69, 9.17) is 10.5 Å². The SMILES string of the molecule is Nc1nc2c(-c3c(C(F)(F)F)cc4c(N5CC6CCC(C5)N6)nc(OC5C[S+]([O-])C5)nc4c3F)ccc(F)c2s1. The Balaban J connectivity index is 1.48. The molecule has 0 spiro atoms. The quantitative estimate of drug-likeness (QED) is 0.266. The number of thiazole rings is 1. The Morgan fingerprint density at radius 1 is 1.07 bits per heavy atom. The van der Waals surface area contributed by atoms with E-state index in [1.165, 1.54) is 0 Å². The minimum atomic E-state index is -4.97. The third-order valence-electron chi connectivity index (χ3n) is 7.51. The second kappa shape index (κ2) is 9.26. The molecular formula is C25H21F5N6O2S2. The molecule has 3 N–H and O–H groups in total. The number of hydrogen-bond acceptors (Lipinski definition) is 9. The predicted molar refractivity (Wildman–Crippen MR) is 142 cm³/mol. The lowest BCUT2D eigenvalue weighted by Crippen LogP contribution is -2.51. The van der Waals surface area contributed by atoms with E-state index in [1.54, 1.807) is 0 Å². The summed E-state index contributed by atoms with van der Waals surface area (Å²) in [6.07, 6.45) is -3.61. The van der Waals surface area contributed by atoms with Crippen molar-refractivity contribution in [3.8, 4) is 17.1 Å². The van der Waals surface area contributed by atoms with Gasteiger partial charge < -0.3 is 25.2 Å². The van der Waals surface area contributed by atoms with E-state index >= 15 is 4.39 Å². The molecular weight excluding hydrogens is 575 g/mol. The van der Waals surface area contributed by atoms with Crippen LogP contribution in [0.2, 0.25) is 0 Å². The van der Waals surface area contributed by atoms with Crippen molar-refractivity contribution in [3.63, 3.8) is 0 Å². The first-order valence-corrected chi connectivity index (χ1v) is 14.8. The van der Waals surface area contributed by atoms with E-state index in [1.807, 2.05) is 4.90 Å². The molecule has 0 radical (unpaired) electrons. The summed E-state index contributed by atoms with van der Waals surface area (Å²) in [6, 6.07) is 2.91. The number of nitrogens with one attached hydrogen (secondary N) is 1. The standard InChI is InChI=1S/C25H21F5N6O2S2/c26-16-4-3-13(20-21(16)39-23(31)33-20)17-15(25(28,29)30)5-14-19(18(17)27)34-24(38-12-8-40(37)9-12)35-22(14)36-6-10-1-2-11(7-36)32-10/h3-5,10-12,32H,1-2,6-9H2,(H2,31,33). The lowest BCUT2D eigenvalue weighted by Gasteiger charge is -2.35. The Labute approximate surface area is 230 Å². The molecule has 2 atom stereocenters. The first-order valence-electron chi connectivity index (χ1n) is 12.5. The smallest absolute Gasteiger partial charge is 0.417 e. The maximum Gasteiger partial charge on any atom is 0.417 e. The average molecular weight is 597 g/mol. The third kappa shape index (κ3) is 4.30. The molecule has 3 aliphatic heterocycles. The van der Waals surface area contributed by atoms with Gasteiger partial charge in [0.25, 0.3) is 0 Å². The normalized spacial score (nSPS) is 24.6. The fourth-order valence-corrected chi connectivity index (χ4v) is 7.35. The molecule has 3 fully saturated rings. The van der Waals surface area contributed by atoms with Crippen LogP contribution in [-0.4, -0.2) is 62.3 Å². The van der Waals surface area contributed by atoms with Crippen molar-refractivity contribution in [3.05, 3.63) is 35.4 Å². The second-order valence-electron chi connectivity index (χ2n) is 10.2. The predicted octanol–water partition coefficient (Wildman–Crippen LogP) is 4.24. The molecule has 7 rings (SSSR count).